The first kappa shape index (κ1) is 25.0. The molecule has 0 saturated carbocycles. The molecule has 1 amide bonds. The molecule has 4 rings (SSSR count). The molecule has 0 aliphatic carbocycles. The molecule has 1 unspecified atom stereocenters. The number of ether oxygens (including phenoxy) is 2. The van der Waals surface area contributed by atoms with E-state index in [9.17, 15) is 13.6 Å². The molecule has 2 atom stereocenters. The Morgan fingerprint density at radius 2 is 1.94 bits per heavy atom. The third-order valence-corrected chi connectivity index (χ3v) is 6.31. The lowest BCUT2D eigenvalue weighted by atomic mass is 9.85. The molecule has 1 N–H and O–H groups in total. The first-order chi connectivity index (χ1) is 16.6. The molecule has 1 aliphatic heterocycles. The van der Waals surface area contributed by atoms with Gasteiger partial charge in [-0.05, 0) is 35.7 Å². The Kier molecular flexibility index (Phi) is 7.03. The molecule has 1 saturated heterocycles. The predicted octanol–water partition coefficient (Wildman–Crippen LogP) is 5.68. The normalized spacial score (nSPS) is 16.9. The maximum absolute atomic E-state index is 13.7. The maximum Gasteiger partial charge on any atom is 0.245 e. The fraction of sp³-hybridized carbons (Fsp3) is 0.385. The van der Waals surface area contributed by atoms with Gasteiger partial charge in [0.25, 0.3) is 0 Å². The summed E-state index contributed by atoms with van der Waals surface area (Å²) in [5, 5.41) is 5.21. The summed E-state index contributed by atoms with van der Waals surface area (Å²) in [6.45, 7) is 6.64. The lowest BCUT2D eigenvalue weighted by Gasteiger charge is -2.34. The summed E-state index contributed by atoms with van der Waals surface area (Å²) in [6.07, 6.45) is 1.97. The molecule has 186 valence electrons. The standard InChI is InChI=1S/C26H28ClF2N3O3/c1-26(2,3)23(31-16-6-8-20(28)21(29)12-16)25(33)32-10-9-17(14-32)35-24-19-11-15(27)5-7-18(19)22(34-4)13-30-24/h5-8,11-13,17,23,31H,9-10,14H2,1-4H3/t17-,23?/m1/s1. The average molecular weight is 504 g/mol. The fourth-order valence-electron chi connectivity index (χ4n) is 4.19. The maximum atomic E-state index is 13.7. The highest BCUT2D eigenvalue weighted by Crippen LogP contribution is 2.34. The molecule has 3 aromatic rings. The van der Waals surface area contributed by atoms with Crippen molar-refractivity contribution in [3.8, 4) is 11.6 Å². The van der Waals surface area contributed by atoms with E-state index in [1.807, 2.05) is 26.8 Å². The molecule has 1 aromatic heterocycles. The van der Waals surface area contributed by atoms with Gasteiger partial charge in [-0.2, -0.15) is 0 Å². The number of aromatic nitrogens is 1. The van der Waals surface area contributed by atoms with Crippen LogP contribution in [0, 0.1) is 17.0 Å². The van der Waals surface area contributed by atoms with Gasteiger partial charge < -0.3 is 19.7 Å². The van der Waals surface area contributed by atoms with Gasteiger partial charge in [-0.1, -0.05) is 32.4 Å². The van der Waals surface area contributed by atoms with Crippen LogP contribution in [0.4, 0.5) is 14.5 Å². The Morgan fingerprint density at radius 3 is 2.63 bits per heavy atom. The van der Waals surface area contributed by atoms with Crippen molar-refractivity contribution in [2.24, 2.45) is 5.41 Å². The van der Waals surface area contributed by atoms with Gasteiger partial charge in [-0.3, -0.25) is 4.79 Å². The minimum Gasteiger partial charge on any atom is -0.494 e. The van der Waals surface area contributed by atoms with Crippen LogP contribution >= 0.6 is 11.6 Å². The molecule has 9 heteroatoms. The SMILES string of the molecule is COc1cnc(O[C@@H]2CCN(C(=O)C(Nc3ccc(F)c(F)c3)C(C)(C)C)C2)c2cc(Cl)ccc12. The number of amides is 1. The van der Waals surface area contributed by atoms with Gasteiger partial charge in [-0.25, -0.2) is 13.8 Å². The van der Waals surface area contributed by atoms with E-state index in [1.54, 1.807) is 30.3 Å². The van der Waals surface area contributed by atoms with Crippen LogP contribution in [0.2, 0.25) is 5.02 Å². The van der Waals surface area contributed by atoms with Crippen molar-refractivity contribution < 1.29 is 23.0 Å². The number of rotatable bonds is 6. The molecule has 1 fully saturated rings. The van der Waals surface area contributed by atoms with Crippen molar-refractivity contribution >= 4 is 34.0 Å². The van der Waals surface area contributed by atoms with Crippen molar-refractivity contribution in [3.05, 3.63) is 59.3 Å². The van der Waals surface area contributed by atoms with E-state index in [4.69, 9.17) is 21.1 Å². The van der Waals surface area contributed by atoms with E-state index in [0.29, 0.717) is 41.8 Å². The number of carbonyl (C=O) groups excluding carboxylic acids is 1. The summed E-state index contributed by atoms with van der Waals surface area (Å²) in [4.78, 5) is 19.6. The van der Waals surface area contributed by atoms with Crippen LogP contribution in [-0.2, 0) is 4.79 Å². The third kappa shape index (κ3) is 5.42. The van der Waals surface area contributed by atoms with E-state index in [2.05, 4.69) is 10.3 Å². The predicted molar refractivity (Wildman–Crippen MR) is 132 cm³/mol. The van der Waals surface area contributed by atoms with Gasteiger partial charge >= 0.3 is 0 Å². The van der Waals surface area contributed by atoms with Crippen LogP contribution in [0.1, 0.15) is 27.2 Å². The van der Waals surface area contributed by atoms with Gasteiger partial charge in [0.05, 0.1) is 19.9 Å². The molecule has 0 bridgehead atoms. The number of halogens is 3. The van der Waals surface area contributed by atoms with Gasteiger partial charge in [-0.15, -0.1) is 0 Å². The Hall–Kier alpha value is -3.13. The van der Waals surface area contributed by atoms with Crippen molar-refractivity contribution in [1.29, 1.82) is 0 Å². The number of likely N-dealkylation sites (tertiary alicyclic amines) is 1. The van der Waals surface area contributed by atoms with Crippen LogP contribution in [-0.4, -0.2) is 48.1 Å². The number of nitrogens with zero attached hydrogens (tertiary/aromatic N) is 2. The monoisotopic (exact) mass is 503 g/mol. The minimum atomic E-state index is -0.968. The second kappa shape index (κ2) is 9.85. The van der Waals surface area contributed by atoms with Crippen molar-refractivity contribution in [1.82, 2.24) is 9.88 Å². The van der Waals surface area contributed by atoms with Crippen LogP contribution in [0.3, 0.4) is 0 Å². The molecule has 1 aliphatic rings. The lowest BCUT2D eigenvalue weighted by Crippen LogP contribution is -2.49. The molecule has 0 spiro atoms. The highest BCUT2D eigenvalue weighted by Gasteiger charge is 2.38. The first-order valence-corrected chi connectivity index (χ1v) is 11.7. The van der Waals surface area contributed by atoms with Crippen LogP contribution in [0.15, 0.2) is 42.6 Å². The number of fused-ring (bicyclic) bond motifs is 1. The molecular formula is C26H28ClF2N3O3. The summed E-state index contributed by atoms with van der Waals surface area (Å²) in [6, 6.07) is 8.28. The zero-order chi connectivity index (χ0) is 25.3. The Balaban J connectivity index is 1.50. The molecule has 6 nitrogen and oxygen atoms in total. The second-order valence-electron chi connectivity index (χ2n) is 9.71. The number of hydrogen-bond acceptors (Lipinski definition) is 5. The Labute approximate surface area is 208 Å². The topological polar surface area (TPSA) is 63.7 Å². The highest BCUT2D eigenvalue weighted by atomic mass is 35.5. The van der Waals surface area contributed by atoms with Crippen molar-refractivity contribution in [3.63, 3.8) is 0 Å². The second-order valence-corrected chi connectivity index (χ2v) is 10.1. The summed E-state index contributed by atoms with van der Waals surface area (Å²) < 4.78 is 38.7. The van der Waals surface area contributed by atoms with Crippen molar-refractivity contribution in [2.45, 2.75) is 39.3 Å². The number of anilines is 1. The zero-order valence-electron chi connectivity index (χ0n) is 20.1. The average Bonchev–Trinajstić information content (AvgIpc) is 3.27. The van der Waals surface area contributed by atoms with E-state index in [1.165, 1.54) is 6.07 Å². The minimum absolute atomic E-state index is 0.135. The first-order valence-electron chi connectivity index (χ1n) is 11.4. The smallest absolute Gasteiger partial charge is 0.245 e. The molecule has 2 heterocycles. The summed E-state index contributed by atoms with van der Waals surface area (Å²) in [5.74, 6) is -0.999. The van der Waals surface area contributed by atoms with Gasteiger partial charge in [0, 0.05) is 40.5 Å². The Bertz CT molecular complexity index is 1250. The lowest BCUT2D eigenvalue weighted by molar-refractivity contribution is -0.133. The highest BCUT2D eigenvalue weighted by molar-refractivity contribution is 6.31. The van der Waals surface area contributed by atoms with Crippen LogP contribution in [0.5, 0.6) is 11.6 Å². The van der Waals surface area contributed by atoms with Gasteiger partial charge in [0.15, 0.2) is 11.6 Å². The number of benzene rings is 2. The van der Waals surface area contributed by atoms with Crippen LogP contribution in [0.25, 0.3) is 10.8 Å². The number of hydrogen-bond donors (Lipinski definition) is 1. The summed E-state index contributed by atoms with van der Waals surface area (Å²) >= 11 is 6.20. The summed E-state index contributed by atoms with van der Waals surface area (Å²) in [7, 11) is 1.58. The molecular weight excluding hydrogens is 476 g/mol. The zero-order valence-corrected chi connectivity index (χ0v) is 20.8. The molecule has 35 heavy (non-hydrogen) atoms. The quantitative estimate of drug-likeness (QED) is 0.469. The van der Waals surface area contributed by atoms with Gasteiger partial charge in [0.1, 0.15) is 17.9 Å². The van der Waals surface area contributed by atoms with E-state index >= 15 is 0 Å². The molecule has 0 radical (unpaired) electrons. The van der Waals surface area contributed by atoms with Gasteiger partial charge in [0.2, 0.25) is 11.8 Å². The fourth-order valence-corrected chi connectivity index (χ4v) is 4.36. The number of carbonyl (C=O) groups is 1. The summed E-state index contributed by atoms with van der Waals surface area (Å²) in [5.41, 5.74) is -0.138. The number of pyridine rings is 1. The van der Waals surface area contributed by atoms with Crippen molar-refractivity contribution in [2.75, 3.05) is 25.5 Å². The third-order valence-electron chi connectivity index (χ3n) is 6.08. The number of nitrogens with one attached hydrogen (secondary N) is 1. The van der Waals surface area contributed by atoms with Crippen LogP contribution < -0.4 is 14.8 Å². The number of methoxy groups -OCH3 is 1. The molecule has 2 aromatic carbocycles. The largest absolute Gasteiger partial charge is 0.494 e. The van der Waals surface area contributed by atoms with E-state index in [-0.39, 0.29) is 12.0 Å². The van der Waals surface area contributed by atoms with E-state index < -0.39 is 23.1 Å². The Morgan fingerprint density at radius 1 is 1.17 bits per heavy atom. The van der Waals surface area contributed by atoms with E-state index in [0.717, 1.165) is 22.9 Å².